The highest BCUT2D eigenvalue weighted by molar-refractivity contribution is 6.31. The molecule has 0 aromatic heterocycles. The van der Waals surface area contributed by atoms with Crippen LogP contribution >= 0.6 is 11.6 Å². The van der Waals surface area contributed by atoms with E-state index in [9.17, 15) is 14.4 Å². The van der Waals surface area contributed by atoms with Crippen molar-refractivity contribution in [2.75, 3.05) is 11.4 Å². The van der Waals surface area contributed by atoms with Crippen LogP contribution in [-0.4, -0.2) is 46.3 Å². The zero-order valence-corrected chi connectivity index (χ0v) is 23.2. The standard InChI is InChI=1S/C32H36ClN3O3/c33-28-14-8-7-9-24(28)21-34-18-17-23-19-22(15-16-29(23)34)20-27-30(37)35(25-10-3-1-4-11-25)32(39)36(31(27)38)26-12-5-2-6-13-26/h7-9,14-16,19-20,25-26H,1-6,10-13,17-18,21H2. The van der Waals surface area contributed by atoms with E-state index < -0.39 is 17.8 Å². The lowest BCUT2D eigenvalue weighted by molar-refractivity contribution is -0.139. The van der Waals surface area contributed by atoms with Crippen molar-refractivity contribution in [1.29, 1.82) is 0 Å². The highest BCUT2D eigenvalue weighted by Crippen LogP contribution is 2.35. The van der Waals surface area contributed by atoms with Gasteiger partial charge in [-0.15, -0.1) is 0 Å². The molecule has 1 saturated heterocycles. The molecule has 204 valence electrons. The van der Waals surface area contributed by atoms with Gasteiger partial charge in [0.2, 0.25) is 0 Å². The van der Waals surface area contributed by atoms with Crippen LogP contribution in [0.15, 0.2) is 48.0 Å². The van der Waals surface area contributed by atoms with E-state index in [2.05, 4.69) is 23.1 Å². The Hall–Kier alpha value is -3.12. The van der Waals surface area contributed by atoms with E-state index >= 15 is 0 Å². The van der Waals surface area contributed by atoms with Gasteiger partial charge in [0.25, 0.3) is 11.8 Å². The van der Waals surface area contributed by atoms with Gasteiger partial charge < -0.3 is 4.90 Å². The third-order valence-electron chi connectivity index (χ3n) is 8.92. The number of hydrogen-bond acceptors (Lipinski definition) is 4. The maximum atomic E-state index is 13.8. The molecule has 0 bridgehead atoms. The van der Waals surface area contributed by atoms with Gasteiger partial charge in [-0.05, 0) is 73.1 Å². The molecule has 3 fully saturated rings. The van der Waals surface area contributed by atoms with Crippen molar-refractivity contribution < 1.29 is 14.4 Å². The van der Waals surface area contributed by atoms with E-state index in [1.165, 1.54) is 15.4 Å². The topological polar surface area (TPSA) is 60.9 Å². The van der Waals surface area contributed by atoms with E-state index in [1.807, 2.05) is 24.3 Å². The van der Waals surface area contributed by atoms with Gasteiger partial charge in [-0.2, -0.15) is 0 Å². The molecule has 2 aromatic rings. The number of benzene rings is 2. The normalized spacial score (nSPS) is 21.1. The number of barbiturate groups is 1. The molecule has 2 aromatic carbocycles. The third-order valence-corrected chi connectivity index (χ3v) is 9.28. The Morgan fingerprint density at radius 3 is 2.03 bits per heavy atom. The third kappa shape index (κ3) is 5.11. The second-order valence-corrected chi connectivity index (χ2v) is 11.8. The lowest BCUT2D eigenvalue weighted by atomic mass is 9.90. The minimum absolute atomic E-state index is 0.122. The molecule has 4 aliphatic rings. The first kappa shape index (κ1) is 26.1. The van der Waals surface area contributed by atoms with Crippen LogP contribution in [0.1, 0.15) is 80.9 Å². The van der Waals surface area contributed by atoms with Crippen LogP contribution in [0.2, 0.25) is 5.02 Å². The van der Waals surface area contributed by atoms with Gasteiger partial charge in [0.15, 0.2) is 0 Å². The Morgan fingerprint density at radius 2 is 1.41 bits per heavy atom. The van der Waals surface area contributed by atoms with Gasteiger partial charge in [-0.1, -0.05) is 74.4 Å². The molecule has 6 nitrogen and oxygen atoms in total. The van der Waals surface area contributed by atoms with E-state index in [1.54, 1.807) is 6.08 Å². The second kappa shape index (κ2) is 11.2. The summed E-state index contributed by atoms with van der Waals surface area (Å²) in [5.74, 6) is -0.852. The largest absolute Gasteiger partial charge is 0.367 e. The second-order valence-electron chi connectivity index (χ2n) is 11.4. The van der Waals surface area contributed by atoms with Gasteiger partial charge in [-0.25, -0.2) is 4.79 Å². The number of anilines is 1. The van der Waals surface area contributed by atoms with Crippen LogP contribution in [0.4, 0.5) is 10.5 Å². The first-order valence-corrected chi connectivity index (χ1v) is 14.9. The lowest BCUT2D eigenvalue weighted by Crippen LogP contribution is -2.62. The summed E-state index contributed by atoms with van der Waals surface area (Å²) in [6, 6.07) is 13.4. The monoisotopic (exact) mass is 545 g/mol. The van der Waals surface area contributed by atoms with Crippen molar-refractivity contribution >= 4 is 41.2 Å². The number of fused-ring (bicyclic) bond motifs is 1. The summed E-state index contributed by atoms with van der Waals surface area (Å²) in [5, 5.41) is 0.765. The van der Waals surface area contributed by atoms with Crippen molar-refractivity contribution in [3.05, 3.63) is 69.8 Å². The molecular formula is C32H36ClN3O3. The number of amides is 4. The quantitative estimate of drug-likeness (QED) is 0.308. The molecule has 2 saturated carbocycles. The number of urea groups is 1. The fourth-order valence-electron chi connectivity index (χ4n) is 6.83. The molecule has 39 heavy (non-hydrogen) atoms. The van der Waals surface area contributed by atoms with Crippen molar-refractivity contribution in [3.8, 4) is 0 Å². The summed E-state index contributed by atoms with van der Waals surface area (Å²) in [4.78, 5) is 46.4. The van der Waals surface area contributed by atoms with Crippen LogP contribution in [0.3, 0.4) is 0 Å². The van der Waals surface area contributed by atoms with Crippen LogP contribution in [0, 0.1) is 0 Å². The van der Waals surface area contributed by atoms with Crippen LogP contribution in [0.25, 0.3) is 6.08 Å². The fraction of sp³-hybridized carbons (Fsp3) is 0.469. The average Bonchev–Trinajstić information content (AvgIpc) is 3.35. The molecule has 0 N–H and O–H groups in total. The van der Waals surface area contributed by atoms with Gasteiger partial charge in [0.1, 0.15) is 5.57 Å². The van der Waals surface area contributed by atoms with Crippen molar-refractivity contribution in [2.45, 2.75) is 89.3 Å². The first-order chi connectivity index (χ1) is 19.0. The van der Waals surface area contributed by atoms with Gasteiger partial charge in [0.05, 0.1) is 0 Å². The van der Waals surface area contributed by atoms with Crippen molar-refractivity contribution in [2.24, 2.45) is 0 Å². The minimum atomic E-state index is -0.426. The Labute approximate surface area is 235 Å². The number of imide groups is 2. The molecule has 7 heteroatoms. The summed E-state index contributed by atoms with van der Waals surface area (Å²) >= 11 is 6.41. The van der Waals surface area contributed by atoms with E-state index in [0.717, 1.165) is 106 Å². The van der Waals surface area contributed by atoms with Gasteiger partial charge >= 0.3 is 6.03 Å². The molecule has 0 atom stereocenters. The number of nitrogens with zero attached hydrogens (tertiary/aromatic N) is 3. The number of hydrogen-bond donors (Lipinski definition) is 0. The molecule has 0 radical (unpaired) electrons. The van der Waals surface area contributed by atoms with E-state index in [-0.39, 0.29) is 17.7 Å². The number of carbonyl (C=O) groups excluding carboxylic acids is 3. The van der Waals surface area contributed by atoms with Crippen LogP contribution in [-0.2, 0) is 22.6 Å². The molecule has 6 rings (SSSR count). The first-order valence-electron chi connectivity index (χ1n) is 14.6. The van der Waals surface area contributed by atoms with Crippen LogP contribution < -0.4 is 4.90 Å². The van der Waals surface area contributed by atoms with E-state index in [0.29, 0.717) is 0 Å². The molecule has 0 unspecified atom stereocenters. The zero-order valence-electron chi connectivity index (χ0n) is 22.4. The maximum absolute atomic E-state index is 13.8. The highest BCUT2D eigenvalue weighted by Gasteiger charge is 2.47. The van der Waals surface area contributed by atoms with Crippen LogP contribution in [0.5, 0.6) is 0 Å². The Kier molecular flexibility index (Phi) is 7.48. The molecule has 2 heterocycles. The fourth-order valence-corrected chi connectivity index (χ4v) is 7.03. The summed E-state index contributed by atoms with van der Waals surface area (Å²) in [6.45, 7) is 1.62. The number of carbonyl (C=O) groups is 3. The summed E-state index contributed by atoms with van der Waals surface area (Å²) in [6.07, 6.45) is 12.2. The predicted molar refractivity (Wildman–Crippen MR) is 153 cm³/mol. The summed E-state index contributed by atoms with van der Waals surface area (Å²) in [7, 11) is 0. The summed E-state index contributed by atoms with van der Waals surface area (Å²) < 4.78 is 0. The van der Waals surface area contributed by atoms with Crippen molar-refractivity contribution in [1.82, 2.24) is 9.80 Å². The molecular weight excluding hydrogens is 510 g/mol. The smallest absolute Gasteiger partial charge is 0.334 e. The highest BCUT2D eigenvalue weighted by atomic mass is 35.5. The molecule has 0 spiro atoms. The maximum Gasteiger partial charge on any atom is 0.334 e. The molecule has 2 aliphatic heterocycles. The Bertz CT molecular complexity index is 1270. The average molecular weight is 546 g/mol. The Balaban J connectivity index is 1.30. The zero-order chi connectivity index (χ0) is 26.9. The van der Waals surface area contributed by atoms with Gasteiger partial charge in [0, 0.05) is 35.9 Å². The van der Waals surface area contributed by atoms with E-state index in [4.69, 9.17) is 11.6 Å². The molecule has 4 amide bonds. The summed E-state index contributed by atoms with van der Waals surface area (Å²) in [5.41, 5.74) is 4.38. The Morgan fingerprint density at radius 1 is 0.795 bits per heavy atom. The predicted octanol–water partition coefficient (Wildman–Crippen LogP) is 6.74. The minimum Gasteiger partial charge on any atom is -0.367 e. The number of halogens is 1. The SMILES string of the molecule is O=C1C(=Cc2ccc3c(c2)CCN3Cc2ccccc2Cl)C(=O)N(C2CCCCC2)C(=O)N1C1CCCCC1. The number of rotatable bonds is 5. The molecule has 2 aliphatic carbocycles. The van der Waals surface area contributed by atoms with Crippen molar-refractivity contribution in [3.63, 3.8) is 0 Å². The lowest BCUT2D eigenvalue weighted by Gasteiger charge is -2.43. The van der Waals surface area contributed by atoms with Gasteiger partial charge in [-0.3, -0.25) is 19.4 Å².